The average Bonchev–Trinajstić information content (AvgIpc) is 2.89. The first-order valence-electron chi connectivity index (χ1n) is 13.7. The molecule has 3 rings (SSSR count). The molecule has 10 nitrogen and oxygen atoms in total. The largest absolute Gasteiger partial charge is 0.355 e. The van der Waals surface area contributed by atoms with Gasteiger partial charge in [0.25, 0.3) is 0 Å². The third-order valence-corrected chi connectivity index (χ3v) is 10.5. The van der Waals surface area contributed by atoms with Crippen LogP contribution in [0.15, 0.2) is 0 Å². The van der Waals surface area contributed by atoms with Gasteiger partial charge in [-0.2, -0.15) is 0 Å². The minimum absolute atomic E-state index is 0.0242. The Hall–Kier alpha value is -0.960. The van der Waals surface area contributed by atoms with Gasteiger partial charge in [-0.05, 0) is 65.6 Å². The molecule has 0 bridgehead atoms. The van der Waals surface area contributed by atoms with E-state index in [2.05, 4.69) is 26.1 Å². The molecule has 3 aliphatic rings. The predicted octanol–water partition coefficient (Wildman–Crippen LogP) is -0.0242. The van der Waals surface area contributed by atoms with Gasteiger partial charge >= 0.3 is 0 Å². The number of alkyl halides is 2. The summed E-state index contributed by atoms with van der Waals surface area (Å²) in [5.74, 6) is 4.67. The quantitative estimate of drug-likeness (QED) is 0.113. The van der Waals surface area contributed by atoms with Crippen molar-refractivity contribution in [3.63, 3.8) is 0 Å². The number of rotatable bonds is 12. The van der Waals surface area contributed by atoms with Crippen LogP contribution in [0.25, 0.3) is 0 Å². The second-order valence-electron chi connectivity index (χ2n) is 11.0. The number of nitrogens with zero attached hydrogens (tertiary/aromatic N) is 1. The summed E-state index contributed by atoms with van der Waals surface area (Å²) in [6.45, 7) is 2.40. The number of amides is 1. The van der Waals surface area contributed by atoms with E-state index >= 15 is 0 Å². The zero-order chi connectivity index (χ0) is 27.0. The van der Waals surface area contributed by atoms with Gasteiger partial charge in [-0.3, -0.25) is 15.5 Å². The highest BCUT2D eigenvalue weighted by Crippen LogP contribution is 2.32. The Bertz CT molecular complexity index is 824. The van der Waals surface area contributed by atoms with Crippen LogP contribution in [0, 0.1) is 17.8 Å². The summed E-state index contributed by atoms with van der Waals surface area (Å²) < 4.78 is 56.0. The standard InChI is InChI=1S/C24H47F2N7O3S/c1-28-37(35,36)22-8-4-7-20(25)19(22)12-31-24(34)16-5-3-6-18(11-16)30-14-23(32-27)33(2)15-17-9-10-29-13-21(17)26/h16-23,28-30,32H,3-15,27H2,1-2H3,(H,31,34). The number of hydrazine groups is 1. The lowest BCUT2D eigenvalue weighted by Gasteiger charge is -2.36. The topological polar surface area (TPSA) is 141 Å². The third kappa shape index (κ3) is 8.51. The van der Waals surface area contributed by atoms with Crippen LogP contribution in [0.2, 0.25) is 0 Å². The molecule has 2 aliphatic carbocycles. The predicted molar refractivity (Wildman–Crippen MR) is 140 cm³/mol. The molecule has 0 aromatic carbocycles. The molecule has 0 aromatic heterocycles. The van der Waals surface area contributed by atoms with Crippen molar-refractivity contribution in [1.29, 1.82) is 0 Å². The summed E-state index contributed by atoms with van der Waals surface area (Å²) in [4.78, 5) is 15.0. The van der Waals surface area contributed by atoms with Crippen molar-refractivity contribution in [2.24, 2.45) is 23.6 Å². The minimum atomic E-state index is -3.62. The lowest BCUT2D eigenvalue weighted by atomic mass is 9.84. The number of nitrogens with two attached hydrogens (primary N) is 1. The molecule has 216 valence electrons. The Morgan fingerprint density at radius 3 is 2.59 bits per heavy atom. The molecule has 8 atom stereocenters. The average molecular weight is 552 g/mol. The minimum Gasteiger partial charge on any atom is -0.355 e. The molecule has 13 heteroatoms. The van der Waals surface area contributed by atoms with Crippen LogP contribution in [0.5, 0.6) is 0 Å². The molecule has 0 radical (unpaired) electrons. The molecule has 2 saturated carbocycles. The Labute approximate surface area is 220 Å². The first kappa shape index (κ1) is 30.6. The number of hydrogen-bond acceptors (Lipinski definition) is 8. The van der Waals surface area contributed by atoms with E-state index in [0.717, 1.165) is 32.2 Å². The molecule has 8 unspecified atom stereocenters. The summed E-state index contributed by atoms with van der Waals surface area (Å²) in [6.07, 6.45) is 2.96. The van der Waals surface area contributed by atoms with Gasteiger partial charge in [0, 0.05) is 50.0 Å². The van der Waals surface area contributed by atoms with Gasteiger partial charge in [-0.15, -0.1) is 0 Å². The Morgan fingerprint density at radius 1 is 1.14 bits per heavy atom. The Kier molecular flexibility index (Phi) is 11.9. The summed E-state index contributed by atoms with van der Waals surface area (Å²) in [7, 11) is -0.342. The number of carbonyl (C=O) groups is 1. The zero-order valence-electron chi connectivity index (χ0n) is 22.2. The van der Waals surface area contributed by atoms with Crippen LogP contribution in [-0.2, 0) is 14.8 Å². The van der Waals surface area contributed by atoms with Crippen molar-refractivity contribution in [3.05, 3.63) is 0 Å². The van der Waals surface area contributed by atoms with E-state index < -0.39 is 33.5 Å². The summed E-state index contributed by atoms with van der Waals surface area (Å²) in [5.41, 5.74) is 2.82. The molecule has 3 fully saturated rings. The fourth-order valence-corrected chi connectivity index (χ4v) is 7.65. The van der Waals surface area contributed by atoms with E-state index in [1.54, 1.807) is 0 Å². The van der Waals surface area contributed by atoms with Gasteiger partial charge in [0.15, 0.2) is 0 Å². The molecule has 1 amide bonds. The van der Waals surface area contributed by atoms with Crippen molar-refractivity contribution < 1.29 is 22.0 Å². The smallest absolute Gasteiger partial charge is 0.223 e. The Morgan fingerprint density at radius 2 is 1.89 bits per heavy atom. The number of likely N-dealkylation sites (N-methyl/N-ethyl adjacent to an activating group) is 1. The fraction of sp³-hybridized carbons (Fsp3) is 0.958. The molecule has 1 saturated heterocycles. The molecular weight excluding hydrogens is 504 g/mol. The highest BCUT2D eigenvalue weighted by molar-refractivity contribution is 7.90. The number of hydrogen-bond donors (Lipinski definition) is 6. The molecule has 7 N–H and O–H groups in total. The van der Waals surface area contributed by atoms with E-state index in [1.807, 2.05) is 11.9 Å². The number of halogens is 2. The third-order valence-electron chi connectivity index (χ3n) is 8.54. The first-order valence-corrected chi connectivity index (χ1v) is 15.3. The first-order chi connectivity index (χ1) is 17.7. The molecule has 37 heavy (non-hydrogen) atoms. The summed E-state index contributed by atoms with van der Waals surface area (Å²) >= 11 is 0. The van der Waals surface area contributed by atoms with E-state index in [0.29, 0.717) is 45.3 Å². The lowest BCUT2D eigenvalue weighted by molar-refractivity contribution is -0.126. The highest BCUT2D eigenvalue weighted by atomic mass is 32.2. The molecular formula is C24H47F2N7O3S. The normalized spacial score (nSPS) is 34.3. The van der Waals surface area contributed by atoms with Gasteiger partial charge in [0.2, 0.25) is 15.9 Å². The monoisotopic (exact) mass is 551 g/mol. The summed E-state index contributed by atoms with van der Waals surface area (Å²) in [5, 5.41) is 8.62. The lowest BCUT2D eigenvalue weighted by Crippen LogP contribution is -2.56. The molecule has 1 heterocycles. The Balaban J connectivity index is 1.47. The maximum atomic E-state index is 14.7. The van der Waals surface area contributed by atoms with Crippen LogP contribution in [0.1, 0.15) is 51.4 Å². The summed E-state index contributed by atoms with van der Waals surface area (Å²) in [6, 6.07) is 0.127. The van der Waals surface area contributed by atoms with Gasteiger partial charge in [0.1, 0.15) is 12.3 Å². The van der Waals surface area contributed by atoms with Crippen LogP contribution in [0.4, 0.5) is 8.78 Å². The van der Waals surface area contributed by atoms with Crippen molar-refractivity contribution in [2.45, 2.75) is 81.2 Å². The zero-order valence-corrected chi connectivity index (χ0v) is 23.0. The van der Waals surface area contributed by atoms with E-state index in [9.17, 15) is 22.0 Å². The molecule has 0 aromatic rings. The van der Waals surface area contributed by atoms with E-state index in [-0.39, 0.29) is 36.5 Å². The number of carbonyl (C=O) groups excluding carboxylic acids is 1. The van der Waals surface area contributed by atoms with Crippen molar-refractivity contribution in [1.82, 2.24) is 31.0 Å². The van der Waals surface area contributed by atoms with Gasteiger partial charge < -0.3 is 16.0 Å². The van der Waals surface area contributed by atoms with Crippen LogP contribution < -0.4 is 31.9 Å². The second-order valence-corrected chi connectivity index (χ2v) is 13.1. The van der Waals surface area contributed by atoms with Gasteiger partial charge in [0.05, 0.1) is 11.4 Å². The number of sulfonamides is 1. The number of nitrogens with one attached hydrogen (secondary N) is 5. The second kappa shape index (κ2) is 14.4. The fourth-order valence-electron chi connectivity index (χ4n) is 6.15. The highest BCUT2D eigenvalue weighted by Gasteiger charge is 2.41. The van der Waals surface area contributed by atoms with E-state index in [1.165, 1.54) is 7.05 Å². The van der Waals surface area contributed by atoms with Crippen LogP contribution in [0.3, 0.4) is 0 Å². The molecule has 1 aliphatic heterocycles. The van der Waals surface area contributed by atoms with Crippen molar-refractivity contribution >= 4 is 15.9 Å². The van der Waals surface area contributed by atoms with Gasteiger partial charge in [-0.25, -0.2) is 27.3 Å². The van der Waals surface area contributed by atoms with E-state index in [4.69, 9.17) is 5.84 Å². The van der Waals surface area contributed by atoms with Crippen molar-refractivity contribution in [3.8, 4) is 0 Å². The van der Waals surface area contributed by atoms with Gasteiger partial charge in [-0.1, -0.05) is 6.42 Å². The maximum absolute atomic E-state index is 14.7. The van der Waals surface area contributed by atoms with Crippen LogP contribution in [-0.4, -0.2) is 95.8 Å². The maximum Gasteiger partial charge on any atom is 0.223 e. The van der Waals surface area contributed by atoms with Crippen LogP contribution >= 0.6 is 0 Å². The van der Waals surface area contributed by atoms with Crippen molar-refractivity contribution in [2.75, 3.05) is 46.8 Å². The number of piperidine rings is 1. The molecule has 0 spiro atoms. The SMILES string of the molecule is CNS(=O)(=O)C1CCCC(F)C1CNC(=O)C1CCCC(NCC(NN)N(C)CC2CCNCC2F)C1.